The lowest BCUT2D eigenvalue weighted by Crippen LogP contribution is -2.35. The number of amides is 1. The number of rotatable bonds is 11. The van der Waals surface area contributed by atoms with Crippen molar-refractivity contribution in [2.24, 2.45) is 0 Å². The monoisotopic (exact) mass is 655 g/mol. The van der Waals surface area contributed by atoms with Crippen LogP contribution >= 0.6 is 23.2 Å². The number of halogens is 2. The van der Waals surface area contributed by atoms with Crippen molar-refractivity contribution in [3.63, 3.8) is 0 Å². The number of para-hydroxylation sites is 2. The van der Waals surface area contributed by atoms with E-state index in [0.717, 1.165) is 68.1 Å². The maximum atomic E-state index is 13.2. The van der Waals surface area contributed by atoms with Crippen LogP contribution in [-0.2, 0) is 16.4 Å². The Morgan fingerprint density at radius 3 is 2.43 bits per heavy atom. The van der Waals surface area contributed by atoms with Crippen molar-refractivity contribution in [1.29, 1.82) is 0 Å². The Morgan fingerprint density at radius 2 is 1.68 bits per heavy atom. The van der Waals surface area contributed by atoms with Crippen molar-refractivity contribution in [2.45, 2.75) is 25.3 Å². The second-order valence-electron chi connectivity index (χ2n) is 11.6. The van der Waals surface area contributed by atoms with E-state index in [-0.39, 0.29) is 17.6 Å². The van der Waals surface area contributed by atoms with Crippen molar-refractivity contribution in [3.8, 4) is 0 Å². The van der Waals surface area contributed by atoms with Gasteiger partial charge in [0.25, 0.3) is 5.91 Å². The Morgan fingerprint density at radius 1 is 0.932 bits per heavy atom. The molecule has 1 fully saturated rings. The highest BCUT2D eigenvalue weighted by atomic mass is 35.5. The van der Waals surface area contributed by atoms with Gasteiger partial charge in [-0.2, -0.15) is 0 Å². The first kappa shape index (κ1) is 32.3. The summed E-state index contributed by atoms with van der Waals surface area (Å²) in [4.78, 5) is 24.6. The van der Waals surface area contributed by atoms with Gasteiger partial charge in [-0.05, 0) is 67.9 Å². The molecule has 1 atom stereocenters. The minimum Gasteiger partial charge on any atom is -0.341 e. The molecule has 0 saturated carbocycles. The average Bonchev–Trinajstić information content (AvgIpc) is 3.21. The molecule has 1 saturated heterocycles. The van der Waals surface area contributed by atoms with Crippen molar-refractivity contribution >= 4 is 55.9 Å². The molecule has 0 aliphatic carbocycles. The van der Waals surface area contributed by atoms with Gasteiger partial charge in [-0.15, -0.1) is 0 Å². The van der Waals surface area contributed by atoms with Crippen molar-refractivity contribution in [1.82, 2.24) is 19.4 Å². The summed E-state index contributed by atoms with van der Waals surface area (Å²) in [5, 5.41) is 1.02. The topological polar surface area (TPSA) is 78.8 Å². The van der Waals surface area contributed by atoms with E-state index in [2.05, 4.69) is 9.80 Å². The van der Waals surface area contributed by atoms with E-state index in [1.54, 1.807) is 4.90 Å². The minimum absolute atomic E-state index is 0.0140. The standard InChI is InChI=1S/C33H39Cl2N5O3S/c1-37(32(41)25-9-4-3-5-10-25)24-27(26-13-14-28(34)29(35)23-26)15-18-38-16-8-17-39(20-19-38)33-36-30-11-6-7-12-31(30)40(33)21-22-44(2,42)43/h3-7,9-14,23,27H,8,15-22,24H2,1-2H3. The van der Waals surface area contributed by atoms with Crippen LogP contribution in [-0.4, -0.2) is 92.0 Å². The fraction of sp³-hybridized carbons (Fsp3) is 0.394. The van der Waals surface area contributed by atoms with Crippen LogP contribution in [0.15, 0.2) is 72.8 Å². The predicted octanol–water partition coefficient (Wildman–Crippen LogP) is 5.85. The van der Waals surface area contributed by atoms with E-state index in [4.69, 9.17) is 28.2 Å². The summed E-state index contributed by atoms with van der Waals surface area (Å²) in [7, 11) is -1.27. The predicted molar refractivity (Wildman–Crippen MR) is 180 cm³/mol. The van der Waals surface area contributed by atoms with Crippen LogP contribution in [0, 0.1) is 0 Å². The Balaban J connectivity index is 1.28. The number of anilines is 1. The smallest absolute Gasteiger partial charge is 0.253 e. The number of hydrogen-bond acceptors (Lipinski definition) is 6. The van der Waals surface area contributed by atoms with Crippen LogP contribution < -0.4 is 4.90 Å². The lowest BCUT2D eigenvalue weighted by Gasteiger charge is -2.28. The lowest BCUT2D eigenvalue weighted by molar-refractivity contribution is 0.0782. The second kappa shape index (κ2) is 14.3. The molecule has 5 rings (SSSR count). The Bertz CT molecular complexity index is 1700. The molecule has 0 bridgehead atoms. The molecule has 0 radical (unpaired) electrons. The maximum Gasteiger partial charge on any atom is 0.253 e. The number of benzene rings is 3. The van der Waals surface area contributed by atoms with Crippen molar-refractivity contribution < 1.29 is 13.2 Å². The highest BCUT2D eigenvalue weighted by molar-refractivity contribution is 7.90. The first-order chi connectivity index (χ1) is 21.1. The number of aryl methyl sites for hydroxylation is 1. The van der Waals surface area contributed by atoms with Gasteiger partial charge in [-0.25, -0.2) is 13.4 Å². The number of aromatic nitrogens is 2. The molecule has 0 N–H and O–H groups in total. The number of sulfone groups is 1. The second-order valence-corrected chi connectivity index (χ2v) is 14.6. The summed E-state index contributed by atoms with van der Waals surface area (Å²) >= 11 is 12.7. The van der Waals surface area contributed by atoms with E-state index in [1.165, 1.54) is 6.26 Å². The molecule has 0 spiro atoms. The Labute approximate surface area is 270 Å². The van der Waals surface area contributed by atoms with E-state index in [0.29, 0.717) is 28.7 Å². The minimum atomic E-state index is -3.12. The molecular weight excluding hydrogens is 617 g/mol. The zero-order valence-corrected chi connectivity index (χ0v) is 27.5. The summed E-state index contributed by atoms with van der Waals surface area (Å²) in [5.41, 5.74) is 3.54. The van der Waals surface area contributed by atoms with Gasteiger partial charge in [0.05, 0.1) is 26.8 Å². The highest BCUT2D eigenvalue weighted by Crippen LogP contribution is 2.30. The van der Waals surface area contributed by atoms with Crippen LogP contribution in [0.1, 0.15) is 34.7 Å². The molecule has 2 heterocycles. The molecule has 4 aromatic rings. The Kier molecular flexibility index (Phi) is 10.5. The van der Waals surface area contributed by atoms with Crippen molar-refractivity contribution in [2.75, 3.05) is 63.2 Å². The van der Waals surface area contributed by atoms with Crippen LogP contribution in [0.5, 0.6) is 0 Å². The highest BCUT2D eigenvalue weighted by Gasteiger charge is 2.24. The number of likely N-dealkylation sites (N-methyl/N-ethyl adjacent to an activating group) is 1. The summed E-state index contributed by atoms with van der Waals surface area (Å²) < 4.78 is 26.0. The van der Waals surface area contributed by atoms with E-state index in [9.17, 15) is 13.2 Å². The number of nitrogens with zero attached hydrogens (tertiary/aromatic N) is 5. The van der Waals surface area contributed by atoms with Crippen LogP contribution in [0.25, 0.3) is 11.0 Å². The third-order valence-electron chi connectivity index (χ3n) is 8.26. The third-order valence-corrected chi connectivity index (χ3v) is 9.93. The normalized spacial score (nSPS) is 15.3. The molecule has 1 aromatic heterocycles. The number of fused-ring (bicyclic) bond motifs is 1. The molecular formula is C33H39Cl2N5O3S. The van der Waals surface area contributed by atoms with Gasteiger partial charge in [-0.3, -0.25) is 4.79 Å². The molecule has 3 aromatic carbocycles. The summed E-state index contributed by atoms with van der Waals surface area (Å²) in [6, 6.07) is 23.0. The summed E-state index contributed by atoms with van der Waals surface area (Å²) in [6.45, 7) is 5.19. The molecule has 8 nitrogen and oxygen atoms in total. The molecule has 1 aliphatic rings. The van der Waals surface area contributed by atoms with E-state index in [1.807, 2.05) is 84.4 Å². The maximum absolute atomic E-state index is 13.2. The Hall–Kier alpha value is -3.11. The average molecular weight is 657 g/mol. The number of carbonyl (C=O) groups excluding carboxylic acids is 1. The number of hydrogen-bond donors (Lipinski definition) is 0. The van der Waals surface area contributed by atoms with Gasteiger partial charge >= 0.3 is 0 Å². The summed E-state index contributed by atoms with van der Waals surface area (Å²) in [5.74, 6) is 0.950. The zero-order valence-electron chi connectivity index (χ0n) is 25.2. The molecule has 1 aliphatic heterocycles. The van der Waals surface area contributed by atoms with E-state index < -0.39 is 9.84 Å². The lowest BCUT2D eigenvalue weighted by atomic mass is 9.94. The van der Waals surface area contributed by atoms with Gasteiger partial charge in [0.15, 0.2) is 0 Å². The van der Waals surface area contributed by atoms with Gasteiger partial charge in [0.1, 0.15) is 9.84 Å². The SMILES string of the molecule is CN(CC(CCN1CCCN(c2nc3ccccc3n2CCS(C)(=O)=O)CC1)c1ccc(Cl)c(Cl)c1)C(=O)c1ccccc1. The van der Waals surface area contributed by atoms with Crippen molar-refractivity contribution in [3.05, 3.63) is 94.0 Å². The summed E-state index contributed by atoms with van der Waals surface area (Å²) in [6.07, 6.45) is 3.08. The number of imidazole rings is 1. The fourth-order valence-electron chi connectivity index (χ4n) is 5.86. The molecule has 1 unspecified atom stereocenters. The van der Waals surface area contributed by atoms with Gasteiger partial charge in [0.2, 0.25) is 5.95 Å². The van der Waals surface area contributed by atoms with E-state index >= 15 is 0 Å². The molecule has 234 valence electrons. The first-order valence-electron chi connectivity index (χ1n) is 14.9. The van der Waals surface area contributed by atoms with Crippen LogP contribution in [0.3, 0.4) is 0 Å². The van der Waals surface area contributed by atoms with Crippen LogP contribution in [0.2, 0.25) is 10.0 Å². The van der Waals surface area contributed by atoms with Gasteiger partial charge in [0, 0.05) is 57.5 Å². The molecule has 11 heteroatoms. The molecule has 44 heavy (non-hydrogen) atoms. The first-order valence-corrected chi connectivity index (χ1v) is 17.8. The number of carbonyl (C=O) groups is 1. The zero-order chi connectivity index (χ0) is 31.3. The van der Waals surface area contributed by atoms with Gasteiger partial charge in [-0.1, -0.05) is 59.6 Å². The van der Waals surface area contributed by atoms with Crippen LogP contribution in [0.4, 0.5) is 5.95 Å². The van der Waals surface area contributed by atoms with Gasteiger partial charge < -0.3 is 19.3 Å². The molecule has 1 amide bonds. The fourth-order valence-corrected chi connectivity index (χ4v) is 6.68. The quantitative estimate of drug-likeness (QED) is 0.202. The largest absolute Gasteiger partial charge is 0.341 e. The third kappa shape index (κ3) is 8.13.